The lowest BCUT2D eigenvalue weighted by Crippen LogP contribution is -2.42. The number of amides is 2. The number of rotatable bonds is 3. The standard InChI is InChI=1S/C20H26ClN5O3/c1-20(2,3)29-19(28)26-7-5-4-6-13(10-26)25-18-15-9-12(21)8-14(17(22)27)16(15)23-11-24-18/h8-9,11,13H,4-7,10H2,1-3H3,(H2,22,27)(H,23,24,25). The molecule has 0 spiro atoms. The number of hydrogen-bond acceptors (Lipinski definition) is 6. The summed E-state index contributed by atoms with van der Waals surface area (Å²) in [6.07, 6.45) is 3.80. The number of anilines is 1. The van der Waals surface area contributed by atoms with Crippen LogP contribution in [0, 0.1) is 0 Å². The van der Waals surface area contributed by atoms with Crippen molar-refractivity contribution >= 4 is 40.3 Å². The predicted molar refractivity (Wildman–Crippen MR) is 112 cm³/mol. The summed E-state index contributed by atoms with van der Waals surface area (Å²) >= 11 is 6.17. The van der Waals surface area contributed by atoms with Crippen molar-refractivity contribution in [3.05, 3.63) is 29.0 Å². The molecule has 9 heteroatoms. The number of nitrogens with one attached hydrogen (secondary N) is 1. The van der Waals surface area contributed by atoms with Crippen LogP contribution in [0.1, 0.15) is 50.4 Å². The van der Waals surface area contributed by atoms with E-state index in [4.69, 9.17) is 22.1 Å². The molecule has 3 rings (SSSR count). The van der Waals surface area contributed by atoms with E-state index >= 15 is 0 Å². The fourth-order valence-corrected chi connectivity index (χ4v) is 3.60. The van der Waals surface area contributed by atoms with E-state index < -0.39 is 11.5 Å². The Morgan fingerprint density at radius 2 is 2.03 bits per heavy atom. The third-order valence-corrected chi connectivity index (χ3v) is 4.85. The zero-order valence-electron chi connectivity index (χ0n) is 16.9. The summed E-state index contributed by atoms with van der Waals surface area (Å²) in [5.74, 6) is -0.0521. The number of carbonyl (C=O) groups is 2. The first-order valence-corrected chi connectivity index (χ1v) is 10.0. The number of ether oxygens (including phenoxy) is 1. The summed E-state index contributed by atoms with van der Waals surface area (Å²) in [5, 5.41) is 4.38. The molecule has 0 saturated carbocycles. The van der Waals surface area contributed by atoms with Gasteiger partial charge in [-0.25, -0.2) is 14.8 Å². The molecule has 1 atom stereocenters. The molecule has 2 aromatic rings. The number of halogens is 1. The van der Waals surface area contributed by atoms with E-state index in [1.165, 1.54) is 12.4 Å². The average molecular weight is 420 g/mol. The summed E-state index contributed by atoms with van der Waals surface area (Å²) in [5.41, 5.74) is 5.61. The van der Waals surface area contributed by atoms with Crippen LogP contribution in [0.2, 0.25) is 5.02 Å². The maximum Gasteiger partial charge on any atom is 0.410 e. The first-order chi connectivity index (χ1) is 13.6. The van der Waals surface area contributed by atoms with Gasteiger partial charge in [0.25, 0.3) is 5.91 Å². The number of nitrogens with two attached hydrogens (primary N) is 1. The molecule has 1 aromatic heterocycles. The minimum absolute atomic E-state index is 0.0286. The van der Waals surface area contributed by atoms with Crippen LogP contribution in [0.3, 0.4) is 0 Å². The normalized spacial score (nSPS) is 17.7. The van der Waals surface area contributed by atoms with Gasteiger partial charge in [-0.15, -0.1) is 0 Å². The first-order valence-electron chi connectivity index (χ1n) is 9.62. The van der Waals surface area contributed by atoms with Gasteiger partial charge in [-0.05, 0) is 52.2 Å². The van der Waals surface area contributed by atoms with Gasteiger partial charge in [-0.3, -0.25) is 4.79 Å². The van der Waals surface area contributed by atoms with Crippen LogP contribution in [0.25, 0.3) is 10.9 Å². The van der Waals surface area contributed by atoms with Crippen LogP contribution in [0.5, 0.6) is 0 Å². The van der Waals surface area contributed by atoms with Crippen molar-refractivity contribution in [1.82, 2.24) is 14.9 Å². The lowest BCUT2D eigenvalue weighted by atomic mass is 10.1. The maximum absolute atomic E-state index is 12.5. The molecular formula is C20H26ClN5O3. The molecule has 1 aromatic carbocycles. The summed E-state index contributed by atoms with van der Waals surface area (Å²) in [6, 6.07) is 3.17. The van der Waals surface area contributed by atoms with Crippen molar-refractivity contribution < 1.29 is 14.3 Å². The minimum Gasteiger partial charge on any atom is -0.444 e. The molecule has 1 aliphatic rings. The van der Waals surface area contributed by atoms with E-state index in [1.807, 2.05) is 20.8 Å². The third kappa shape index (κ3) is 5.26. The molecule has 8 nitrogen and oxygen atoms in total. The minimum atomic E-state index is -0.604. The van der Waals surface area contributed by atoms with Gasteiger partial charge in [0, 0.05) is 29.5 Å². The van der Waals surface area contributed by atoms with Gasteiger partial charge in [0.15, 0.2) is 0 Å². The zero-order valence-corrected chi connectivity index (χ0v) is 17.6. The van der Waals surface area contributed by atoms with E-state index in [0.29, 0.717) is 34.8 Å². The Morgan fingerprint density at radius 1 is 1.28 bits per heavy atom. The molecule has 0 radical (unpaired) electrons. The Kier molecular flexibility index (Phi) is 6.12. The first kappa shape index (κ1) is 21.1. The van der Waals surface area contributed by atoms with Crippen molar-refractivity contribution in [3.8, 4) is 0 Å². The van der Waals surface area contributed by atoms with Gasteiger partial charge >= 0.3 is 6.09 Å². The van der Waals surface area contributed by atoms with Crippen LogP contribution >= 0.6 is 11.6 Å². The number of likely N-dealkylation sites (tertiary alicyclic amines) is 1. The molecule has 3 N–H and O–H groups in total. The van der Waals surface area contributed by atoms with Gasteiger partial charge < -0.3 is 20.7 Å². The second-order valence-corrected chi connectivity index (χ2v) is 8.64. The number of hydrogen-bond donors (Lipinski definition) is 2. The highest BCUT2D eigenvalue weighted by Gasteiger charge is 2.27. The van der Waals surface area contributed by atoms with E-state index in [1.54, 1.807) is 11.0 Å². The summed E-state index contributed by atoms with van der Waals surface area (Å²) < 4.78 is 5.52. The molecule has 29 heavy (non-hydrogen) atoms. The van der Waals surface area contributed by atoms with Gasteiger partial charge in [-0.1, -0.05) is 11.6 Å². The second kappa shape index (κ2) is 8.41. The topological polar surface area (TPSA) is 110 Å². The molecular weight excluding hydrogens is 394 g/mol. The van der Waals surface area contributed by atoms with Crippen molar-refractivity contribution in [1.29, 1.82) is 0 Å². The molecule has 2 heterocycles. The Balaban J connectivity index is 1.86. The van der Waals surface area contributed by atoms with Gasteiger partial charge in [0.1, 0.15) is 17.7 Å². The molecule has 1 fully saturated rings. The number of aromatic nitrogens is 2. The highest BCUT2D eigenvalue weighted by Crippen LogP contribution is 2.28. The van der Waals surface area contributed by atoms with Crippen molar-refractivity contribution in [3.63, 3.8) is 0 Å². The number of nitrogens with zero attached hydrogens (tertiary/aromatic N) is 3. The van der Waals surface area contributed by atoms with Crippen LogP contribution in [0.15, 0.2) is 18.5 Å². The van der Waals surface area contributed by atoms with Crippen LogP contribution < -0.4 is 11.1 Å². The van der Waals surface area contributed by atoms with E-state index in [0.717, 1.165) is 19.3 Å². The lowest BCUT2D eigenvalue weighted by Gasteiger charge is -2.29. The van der Waals surface area contributed by atoms with E-state index in [2.05, 4.69) is 15.3 Å². The molecule has 0 aliphatic carbocycles. The summed E-state index contributed by atoms with van der Waals surface area (Å²) in [4.78, 5) is 34.6. The maximum atomic E-state index is 12.5. The highest BCUT2D eigenvalue weighted by atomic mass is 35.5. The van der Waals surface area contributed by atoms with Crippen LogP contribution in [0.4, 0.5) is 10.6 Å². The molecule has 1 unspecified atom stereocenters. The second-order valence-electron chi connectivity index (χ2n) is 8.20. The molecule has 156 valence electrons. The number of fused-ring (bicyclic) bond motifs is 1. The SMILES string of the molecule is CC(C)(C)OC(=O)N1CCCCC(Nc2ncnc3c(C(N)=O)cc(Cl)cc23)C1. The largest absolute Gasteiger partial charge is 0.444 e. The molecule has 2 amide bonds. The quantitative estimate of drug-likeness (QED) is 0.786. The van der Waals surface area contributed by atoms with Gasteiger partial charge in [0.2, 0.25) is 0 Å². The van der Waals surface area contributed by atoms with Crippen molar-refractivity contribution in [2.24, 2.45) is 5.73 Å². The van der Waals surface area contributed by atoms with E-state index in [9.17, 15) is 9.59 Å². The number of benzene rings is 1. The number of primary amides is 1. The Bertz CT molecular complexity index is 928. The Labute approximate surface area is 174 Å². The average Bonchev–Trinajstić information content (AvgIpc) is 2.86. The fourth-order valence-electron chi connectivity index (χ4n) is 3.38. The number of carbonyl (C=O) groups excluding carboxylic acids is 2. The molecule has 0 bridgehead atoms. The lowest BCUT2D eigenvalue weighted by molar-refractivity contribution is 0.0252. The monoisotopic (exact) mass is 419 g/mol. The van der Waals surface area contributed by atoms with Gasteiger partial charge in [-0.2, -0.15) is 0 Å². The van der Waals surface area contributed by atoms with Crippen LogP contribution in [-0.2, 0) is 4.74 Å². The summed E-state index contributed by atoms with van der Waals surface area (Å²) in [6.45, 7) is 6.70. The molecule has 1 saturated heterocycles. The van der Waals surface area contributed by atoms with Crippen LogP contribution in [-0.4, -0.2) is 51.6 Å². The van der Waals surface area contributed by atoms with E-state index in [-0.39, 0.29) is 17.7 Å². The predicted octanol–water partition coefficient (Wildman–Crippen LogP) is 3.58. The van der Waals surface area contributed by atoms with Gasteiger partial charge in [0.05, 0.1) is 11.1 Å². The van der Waals surface area contributed by atoms with Crippen molar-refractivity contribution in [2.75, 3.05) is 18.4 Å². The van der Waals surface area contributed by atoms with Crippen molar-refractivity contribution in [2.45, 2.75) is 51.7 Å². The fraction of sp³-hybridized carbons (Fsp3) is 0.500. The molecule has 1 aliphatic heterocycles. The smallest absolute Gasteiger partial charge is 0.410 e. The zero-order chi connectivity index (χ0) is 21.2. The third-order valence-electron chi connectivity index (χ3n) is 4.63. The summed E-state index contributed by atoms with van der Waals surface area (Å²) in [7, 11) is 0. The Hall–Kier alpha value is -2.61. The highest BCUT2D eigenvalue weighted by molar-refractivity contribution is 6.32. The Morgan fingerprint density at radius 3 is 2.72 bits per heavy atom.